The molecule has 2 aliphatic heterocycles. The highest BCUT2D eigenvalue weighted by atomic mass is 16.8. The van der Waals surface area contributed by atoms with Crippen molar-refractivity contribution in [3.63, 3.8) is 0 Å². The van der Waals surface area contributed by atoms with Crippen LogP contribution >= 0.6 is 0 Å². The first-order chi connectivity index (χ1) is 17.0. The molecule has 0 saturated carbocycles. The summed E-state index contributed by atoms with van der Waals surface area (Å²) >= 11 is 0. The summed E-state index contributed by atoms with van der Waals surface area (Å²) in [6.07, 6.45) is -4.39. The lowest BCUT2D eigenvalue weighted by Gasteiger charge is -2.49. The van der Waals surface area contributed by atoms with Gasteiger partial charge in [0.25, 0.3) is 0 Å². The van der Waals surface area contributed by atoms with Gasteiger partial charge in [0.15, 0.2) is 18.7 Å². The van der Waals surface area contributed by atoms with Gasteiger partial charge in [-0.3, -0.25) is 4.79 Å². The molecular weight excluding hydrogens is 454 g/mol. The molecule has 35 heavy (non-hydrogen) atoms. The minimum Gasteiger partial charge on any atom is -0.467 e. The molecule has 2 fully saturated rings. The quantitative estimate of drug-likeness (QED) is 0.569. The van der Waals surface area contributed by atoms with Crippen LogP contribution in [0.25, 0.3) is 0 Å². The van der Waals surface area contributed by atoms with Gasteiger partial charge in [0.1, 0.15) is 24.4 Å². The van der Waals surface area contributed by atoms with E-state index in [2.05, 4.69) is 5.32 Å². The number of carbonyl (C=O) groups is 2. The Morgan fingerprint density at radius 2 is 1.74 bits per heavy atom. The van der Waals surface area contributed by atoms with Gasteiger partial charge in [0, 0.05) is 12.5 Å². The van der Waals surface area contributed by atoms with E-state index in [-0.39, 0.29) is 19.1 Å². The number of fused-ring (bicyclic) bond motifs is 1. The van der Waals surface area contributed by atoms with Gasteiger partial charge >= 0.3 is 5.97 Å². The van der Waals surface area contributed by atoms with Gasteiger partial charge in [-0.2, -0.15) is 0 Å². The predicted octanol–water partition coefficient (Wildman–Crippen LogP) is 2.49. The number of amides is 1. The Balaban J connectivity index is 1.60. The second-order valence-corrected chi connectivity index (χ2v) is 8.51. The van der Waals surface area contributed by atoms with E-state index < -0.39 is 49.0 Å². The Morgan fingerprint density at radius 1 is 1.06 bits per heavy atom. The van der Waals surface area contributed by atoms with Crippen molar-refractivity contribution in [1.82, 2.24) is 5.32 Å². The molecule has 0 unspecified atom stereocenters. The van der Waals surface area contributed by atoms with Crippen molar-refractivity contribution in [2.24, 2.45) is 0 Å². The Hall–Kier alpha value is -2.82. The Morgan fingerprint density at radius 3 is 2.40 bits per heavy atom. The molecule has 0 aliphatic carbocycles. The molecule has 0 aromatic heterocycles. The van der Waals surface area contributed by atoms with Gasteiger partial charge in [-0.15, -0.1) is 0 Å². The summed E-state index contributed by atoms with van der Waals surface area (Å²) in [5.74, 6) is -0.834. The van der Waals surface area contributed by atoms with E-state index in [9.17, 15) is 9.59 Å². The lowest BCUT2D eigenvalue weighted by atomic mass is 9.95. The number of ether oxygens (including phenoxy) is 6. The van der Waals surface area contributed by atoms with E-state index in [1.807, 2.05) is 60.7 Å². The van der Waals surface area contributed by atoms with Crippen molar-refractivity contribution in [3.05, 3.63) is 71.8 Å². The maximum absolute atomic E-state index is 12.2. The minimum absolute atomic E-state index is 0.217. The van der Waals surface area contributed by atoms with Gasteiger partial charge in [0.05, 0.1) is 20.3 Å². The zero-order valence-electron chi connectivity index (χ0n) is 20.0. The van der Waals surface area contributed by atoms with Crippen LogP contribution < -0.4 is 5.32 Å². The standard InChI is InChI=1S/C26H31NO8/c1-16(24(29)30-3)33-23-21(27-17(2)28)26(31-14-18-10-6-4-7-11-18)34-20-15-32-25(35-22(20)23)19-12-8-5-9-13-19/h4-13,16,20-23,25-26H,14-15H2,1-3H3,(H,27,28)/t16-,20-,21-,22-,23-,25+,26+/m1/s1. The van der Waals surface area contributed by atoms with Crippen molar-refractivity contribution in [3.8, 4) is 0 Å². The zero-order valence-corrected chi connectivity index (χ0v) is 20.0. The SMILES string of the molecule is COC(=O)[C@@H](C)O[C@@H]1[C@@H](NC(C)=O)[C@@H](OCc2ccccc2)O[C@@H]2CO[C@H](c3ccccc3)O[C@@H]12. The molecule has 4 rings (SSSR count). The highest BCUT2D eigenvalue weighted by Gasteiger charge is 2.52. The topological polar surface area (TPSA) is 102 Å². The number of esters is 1. The van der Waals surface area contributed by atoms with Gasteiger partial charge < -0.3 is 33.7 Å². The second kappa shape index (κ2) is 11.7. The van der Waals surface area contributed by atoms with E-state index in [4.69, 9.17) is 28.4 Å². The number of methoxy groups -OCH3 is 1. The van der Waals surface area contributed by atoms with Crippen LogP contribution in [0.5, 0.6) is 0 Å². The molecular formula is C26H31NO8. The van der Waals surface area contributed by atoms with E-state index >= 15 is 0 Å². The molecule has 2 heterocycles. The summed E-state index contributed by atoms with van der Waals surface area (Å²) in [5, 5.41) is 2.88. The number of rotatable bonds is 8. The Bertz CT molecular complexity index is 972. The average molecular weight is 486 g/mol. The number of carbonyl (C=O) groups excluding carboxylic acids is 2. The van der Waals surface area contributed by atoms with E-state index in [1.165, 1.54) is 14.0 Å². The molecule has 188 valence electrons. The normalized spacial score (nSPS) is 29.0. The van der Waals surface area contributed by atoms with Crippen molar-refractivity contribution >= 4 is 11.9 Å². The Labute approximate surface area is 204 Å². The molecule has 2 aromatic rings. The van der Waals surface area contributed by atoms with E-state index in [0.717, 1.165) is 11.1 Å². The number of hydrogen-bond acceptors (Lipinski definition) is 8. The van der Waals surface area contributed by atoms with Crippen molar-refractivity contribution in [1.29, 1.82) is 0 Å². The van der Waals surface area contributed by atoms with Crippen LogP contribution in [0, 0.1) is 0 Å². The summed E-state index contributed by atoms with van der Waals surface area (Å²) < 4.78 is 35.6. The summed E-state index contributed by atoms with van der Waals surface area (Å²) in [6.45, 7) is 3.47. The number of hydrogen-bond donors (Lipinski definition) is 1. The zero-order chi connectivity index (χ0) is 24.8. The molecule has 2 saturated heterocycles. The van der Waals surface area contributed by atoms with Crippen molar-refractivity contribution < 1.29 is 38.0 Å². The molecule has 7 atom stereocenters. The van der Waals surface area contributed by atoms with Crippen LogP contribution in [0.15, 0.2) is 60.7 Å². The lowest BCUT2D eigenvalue weighted by molar-refractivity contribution is -0.352. The summed E-state index contributed by atoms with van der Waals surface area (Å²) in [7, 11) is 1.29. The lowest BCUT2D eigenvalue weighted by Crippen LogP contribution is -2.68. The minimum atomic E-state index is -0.906. The molecule has 1 amide bonds. The van der Waals surface area contributed by atoms with Gasteiger partial charge in [-0.05, 0) is 12.5 Å². The highest BCUT2D eigenvalue weighted by Crippen LogP contribution is 2.36. The second-order valence-electron chi connectivity index (χ2n) is 8.51. The van der Waals surface area contributed by atoms with Gasteiger partial charge in [-0.25, -0.2) is 4.79 Å². The summed E-state index contributed by atoms with van der Waals surface area (Å²) in [6, 6.07) is 18.4. The Kier molecular flexibility index (Phi) is 8.48. The molecule has 0 radical (unpaired) electrons. The van der Waals surface area contributed by atoms with Crippen LogP contribution in [-0.4, -0.2) is 62.3 Å². The molecule has 9 nitrogen and oxygen atoms in total. The number of nitrogens with one attached hydrogen (secondary N) is 1. The third-order valence-corrected chi connectivity index (χ3v) is 5.93. The highest BCUT2D eigenvalue weighted by molar-refractivity contribution is 5.74. The fraction of sp³-hybridized carbons (Fsp3) is 0.462. The smallest absolute Gasteiger partial charge is 0.334 e. The molecule has 9 heteroatoms. The van der Waals surface area contributed by atoms with Crippen LogP contribution in [0.1, 0.15) is 31.3 Å². The first-order valence-electron chi connectivity index (χ1n) is 11.6. The third kappa shape index (κ3) is 6.25. The van der Waals surface area contributed by atoms with Gasteiger partial charge in [0.2, 0.25) is 5.91 Å². The average Bonchev–Trinajstić information content (AvgIpc) is 2.89. The van der Waals surface area contributed by atoms with Crippen molar-refractivity contribution in [2.75, 3.05) is 13.7 Å². The van der Waals surface area contributed by atoms with Crippen LogP contribution in [-0.2, 0) is 44.6 Å². The predicted molar refractivity (Wildman–Crippen MR) is 124 cm³/mol. The fourth-order valence-corrected chi connectivity index (χ4v) is 4.25. The van der Waals surface area contributed by atoms with E-state index in [0.29, 0.717) is 0 Å². The van der Waals surface area contributed by atoms with Gasteiger partial charge in [-0.1, -0.05) is 60.7 Å². The summed E-state index contributed by atoms with van der Waals surface area (Å²) in [4.78, 5) is 24.4. The molecule has 0 bridgehead atoms. The summed E-state index contributed by atoms with van der Waals surface area (Å²) in [5.41, 5.74) is 1.78. The molecule has 0 spiro atoms. The third-order valence-electron chi connectivity index (χ3n) is 5.93. The monoisotopic (exact) mass is 485 g/mol. The molecule has 2 aromatic carbocycles. The maximum Gasteiger partial charge on any atom is 0.334 e. The number of benzene rings is 2. The van der Waals surface area contributed by atoms with Crippen LogP contribution in [0.3, 0.4) is 0 Å². The first kappa shape index (κ1) is 25.3. The van der Waals surface area contributed by atoms with Crippen LogP contribution in [0.4, 0.5) is 0 Å². The van der Waals surface area contributed by atoms with Crippen LogP contribution in [0.2, 0.25) is 0 Å². The van der Waals surface area contributed by atoms with Crippen molar-refractivity contribution in [2.45, 2.75) is 63.5 Å². The fourth-order valence-electron chi connectivity index (χ4n) is 4.25. The first-order valence-corrected chi connectivity index (χ1v) is 11.6. The molecule has 2 aliphatic rings. The largest absolute Gasteiger partial charge is 0.467 e. The molecule has 1 N–H and O–H groups in total. The van der Waals surface area contributed by atoms with E-state index in [1.54, 1.807) is 6.92 Å². The maximum atomic E-state index is 12.2.